The van der Waals surface area contributed by atoms with Gasteiger partial charge >= 0.3 is 6.09 Å². The largest absolute Gasteiger partial charge is 0.465 e. The summed E-state index contributed by atoms with van der Waals surface area (Å²) in [6.45, 7) is 2.30. The van der Waals surface area contributed by atoms with E-state index in [-0.39, 0.29) is 19.0 Å². The molecule has 0 spiro atoms. The average molecular weight is 444 g/mol. The number of hydrogen-bond acceptors (Lipinski definition) is 3. The molecule has 154 valence electrons. The standard InChI is InChI=1S/C22H19Cl2N3O3/c1-13-4-5-25-12-18(13)16-6-15(11-27-22(29)30)7-17(9-16)21(28)26-10-14-2-3-19(23)20(24)8-14/h2-9,12,27H,10-11H2,1H3,(H,26,28)(H,29,30). The van der Waals surface area contributed by atoms with Crippen molar-refractivity contribution in [2.75, 3.05) is 0 Å². The first kappa shape index (κ1) is 21.6. The van der Waals surface area contributed by atoms with E-state index < -0.39 is 6.09 Å². The van der Waals surface area contributed by atoms with Crippen molar-refractivity contribution < 1.29 is 14.7 Å². The first-order valence-electron chi connectivity index (χ1n) is 9.07. The molecule has 0 atom stereocenters. The van der Waals surface area contributed by atoms with Crippen LogP contribution in [-0.4, -0.2) is 22.1 Å². The number of rotatable bonds is 6. The van der Waals surface area contributed by atoms with Crippen LogP contribution in [0, 0.1) is 6.92 Å². The molecular weight excluding hydrogens is 425 g/mol. The van der Waals surface area contributed by atoms with Crippen LogP contribution in [0.1, 0.15) is 27.0 Å². The number of amides is 2. The van der Waals surface area contributed by atoms with Crippen LogP contribution in [0.15, 0.2) is 54.9 Å². The third-order valence-electron chi connectivity index (χ3n) is 4.49. The molecule has 1 aromatic heterocycles. The molecule has 3 rings (SSSR count). The third-order valence-corrected chi connectivity index (χ3v) is 5.22. The molecule has 0 radical (unpaired) electrons. The van der Waals surface area contributed by atoms with Gasteiger partial charge in [0.2, 0.25) is 0 Å². The minimum Gasteiger partial charge on any atom is -0.465 e. The van der Waals surface area contributed by atoms with Gasteiger partial charge < -0.3 is 15.7 Å². The predicted octanol–water partition coefficient (Wildman–Crippen LogP) is 5.06. The van der Waals surface area contributed by atoms with Crippen LogP contribution in [0.4, 0.5) is 4.79 Å². The van der Waals surface area contributed by atoms with Crippen molar-refractivity contribution >= 4 is 35.2 Å². The molecule has 1 heterocycles. The van der Waals surface area contributed by atoms with E-state index in [4.69, 9.17) is 28.3 Å². The number of carboxylic acid groups (broad SMARTS) is 1. The van der Waals surface area contributed by atoms with E-state index in [1.54, 1.807) is 42.7 Å². The van der Waals surface area contributed by atoms with Crippen LogP contribution in [0.5, 0.6) is 0 Å². The molecule has 3 N–H and O–H groups in total. The van der Waals surface area contributed by atoms with Crippen molar-refractivity contribution in [2.24, 2.45) is 0 Å². The number of halogens is 2. The van der Waals surface area contributed by atoms with Gasteiger partial charge in [-0.05, 0) is 65.6 Å². The van der Waals surface area contributed by atoms with Gasteiger partial charge in [0, 0.05) is 36.6 Å². The number of benzene rings is 2. The molecule has 0 saturated heterocycles. The lowest BCUT2D eigenvalue weighted by Gasteiger charge is -2.12. The van der Waals surface area contributed by atoms with Crippen LogP contribution in [-0.2, 0) is 13.1 Å². The number of hydrogen-bond donors (Lipinski definition) is 3. The van der Waals surface area contributed by atoms with Crippen molar-refractivity contribution in [2.45, 2.75) is 20.0 Å². The Morgan fingerprint density at radius 3 is 2.43 bits per heavy atom. The summed E-state index contributed by atoms with van der Waals surface area (Å²) in [5.41, 5.74) is 4.54. The summed E-state index contributed by atoms with van der Waals surface area (Å²) in [6.07, 6.45) is 2.28. The van der Waals surface area contributed by atoms with Crippen molar-refractivity contribution in [1.82, 2.24) is 15.6 Å². The Balaban J connectivity index is 1.87. The Morgan fingerprint density at radius 2 is 1.73 bits per heavy atom. The molecule has 0 saturated carbocycles. The summed E-state index contributed by atoms with van der Waals surface area (Å²) in [7, 11) is 0. The minimum absolute atomic E-state index is 0.0789. The SMILES string of the molecule is Cc1ccncc1-c1cc(CNC(=O)O)cc(C(=O)NCc2ccc(Cl)c(Cl)c2)c1. The van der Waals surface area contributed by atoms with Crippen LogP contribution in [0.3, 0.4) is 0 Å². The lowest BCUT2D eigenvalue weighted by Crippen LogP contribution is -2.24. The second kappa shape index (κ2) is 9.61. The maximum atomic E-state index is 12.8. The molecule has 0 bridgehead atoms. The van der Waals surface area contributed by atoms with Crippen LogP contribution < -0.4 is 10.6 Å². The topological polar surface area (TPSA) is 91.3 Å². The highest BCUT2D eigenvalue weighted by Crippen LogP contribution is 2.26. The number of aryl methyl sites for hydroxylation is 1. The summed E-state index contributed by atoms with van der Waals surface area (Å²) in [4.78, 5) is 27.9. The molecule has 3 aromatic rings. The molecule has 0 unspecified atom stereocenters. The van der Waals surface area contributed by atoms with Crippen molar-refractivity contribution in [3.8, 4) is 11.1 Å². The fourth-order valence-corrected chi connectivity index (χ4v) is 3.28. The second-order valence-corrected chi connectivity index (χ2v) is 7.51. The van der Waals surface area contributed by atoms with Crippen LogP contribution >= 0.6 is 23.2 Å². The number of nitrogens with zero attached hydrogens (tertiary/aromatic N) is 1. The number of pyridine rings is 1. The molecule has 6 nitrogen and oxygen atoms in total. The summed E-state index contributed by atoms with van der Waals surface area (Å²) < 4.78 is 0. The summed E-state index contributed by atoms with van der Waals surface area (Å²) in [5, 5.41) is 15.0. The van der Waals surface area contributed by atoms with E-state index in [0.29, 0.717) is 21.2 Å². The molecule has 0 aliphatic carbocycles. The highest BCUT2D eigenvalue weighted by atomic mass is 35.5. The van der Waals surface area contributed by atoms with Crippen molar-refractivity contribution in [3.05, 3.63) is 87.2 Å². The fraction of sp³-hybridized carbons (Fsp3) is 0.136. The molecule has 8 heteroatoms. The number of carbonyl (C=O) groups is 2. The van der Waals surface area contributed by atoms with Gasteiger partial charge in [0.1, 0.15) is 0 Å². The third kappa shape index (κ3) is 5.49. The van der Waals surface area contributed by atoms with Gasteiger partial charge in [-0.15, -0.1) is 0 Å². The van der Waals surface area contributed by atoms with Gasteiger partial charge in [0.05, 0.1) is 10.0 Å². The average Bonchev–Trinajstić information content (AvgIpc) is 2.73. The normalized spacial score (nSPS) is 10.5. The van der Waals surface area contributed by atoms with E-state index in [0.717, 1.165) is 22.3 Å². The van der Waals surface area contributed by atoms with Gasteiger partial charge in [-0.2, -0.15) is 0 Å². The highest BCUT2D eigenvalue weighted by Gasteiger charge is 2.12. The van der Waals surface area contributed by atoms with Crippen molar-refractivity contribution in [3.63, 3.8) is 0 Å². The summed E-state index contributed by atoms with van der Waals surface area (Å²) in [5.74, 6) is -0.291. The molecule has 2 aromatic carbocycles. The van der Waals surface area contributed by atoms with Gasteiger partial charge in [-0.3, -0.25) is 9.78 Å². The Hall–Kier alpha value is -3.09. The first-order valence-corrected chi connectivity index (χ1v) is 9.83. The molecule has 0 fully saturated rings. The molecule has 2 amide bonds. The molecular formula is C22H19Cl2N3O3. The van der Waals surface area contributed by atoms with Crippen LogP contribution in [0.25, 0.3) is 11.1 Å². The maximum Gasteiger partial charge on any atom is 0.404 e. The lowest BCUT2D eigenvalue weighted by molar-refractivity contribution is 0.0951. The van der Waals surface area contributed by atoms with Gasteiger partial charge in [0.15, 0.2) is 0 Å². The number of nitrogens with one attached hydrogen (secondary N) is 2. The quantitative estimate of drug-likeness (QED) is 0.496. The number of carbonyl (C=O) groups excluding carboxylic acids is 1. The van der Waals surface area contributed by atoms with Gasteiger partial charge in [-0.1, -0.05) is 29.3 Å². The van der Waals surface area contributed by atoms with E-state index in [1.807, 2.05) is 19.1 Å². The monoisotopic (exact) mass is 443 g/mol. The smallest absolute Gasteiger partial charge is 0.404 e. The minimum atomic E-state index is -1.14. The van der Waals surface area contributed by atoms with E-state index in [1.165, 1.54) is 0 Å². The zero-order chi connectivity index (χ0) is 21.7. The predicted molar refractivity (Wildman–Crippen MR) is 117 cm³/mol. The van der Waals surface area contributed by atoms with E-state index in [9.17, 15) is 9.59 Å². The van der Waals surface area contributed by atoms with Crippen molar-refractivity contribution in [1.29, 1.82) is 0 Å². The van der Waals surface area contributed by atoms with E-state index >= 15 is 0 Å². The highest BCUT2D eigenvalue weighted by molar-refractivity contribution is 6.42. The summed E-state index contributed by atoms with van der Waals surface area (Å²) >= 11 is 12.0. The zero-order valence-corrected chi connectivity index (χ0v) is 17.6. The lowest BCUT2D eigenvalue weighted by atomic mass is 9.97. The Bertz CT molecular complexity index is 1100. The maximum absolute atomic E-state index is 12.8. The number of aromatic nitrogens is 1. The second-order valence-electron chi connectivity index (χ2n) is 6.70. The Labute approximate surface area is 183 Å². The van der Waals surface area contributed by atoms with E-state index in [2.05, 4.69) is 15.6 Å². The molecule has 0 aliphatic heterocycles. The van der Waals surface area contributed by atoms with Crippen LogP contribution in [0.2, 0.25) is 10.0 Å². The van der Waals surface area contributed by atoms with Gasteiger partial charge in [0.25, 0.3) is 5.91 Å². The zero-order valence-electron chi connectivity index (χ0n) is 16.1. The Kier molecular flexibility index (Phi) is 6.92. The van der Waals surface area contributed by atoms with Gasteiger partial charge in [-0.25, -0.2) is 4.79 Å². The molecule has 0 aliphatic rings. The molecule has 30 heavy (non-hydrogen) atoms. The fourth-order valence-electron chi connectivity index (χ4n) is 2.96. The Morgan fingerprint density at radius 1 is 0.967 bits per heavy atom. The first-order chi connectivity index (χ1) is 14.3. The summed E-state index contributed by atoms with van der Waals surface area (Å²) in [6, 6.07) is 12.3.